The fourth-order valence-corrected chi connectivity index (χ4v) is 5.93. The van der Waals surface area contributed by atoms with Crippen LogP contribution in [0, 0.1) is 10.8 Å². The van der Waals surface area contributed by atoms with Crippen LogP contribution in [-0.2, 0) is 11.3 Å². The van der Waals surface area contributed by atoms with Gasteiger partial charge in [-0.05, 0) is 56.1 Å². The quantitative estimate of drug-likeness (QED) is 0.245. The van der Waals surface area contributed by atoms with Crippen LogP contribution in [0.2, 0.25) is 0 Å². The Morgan fingerprint density at radius 1 is 1.24 bits per heavy atom. The summed E-state index contributed by atoms with van der Waals surface area (Å²) < 4.78 is 11.7. The number of rotatable bonds is 8. The lowest BCUT2D eigenvalue weighted by molar-refractivity contribution is 0.0675. The van der Waals surface area contributed by atoms with Crippen molar-refractivity contribution in [1.82, 2.24) is 25.1 Å². The highest BCUT2D eigenvalue weighted by Gasteiger charge is 2.42. The van der Waals surface area contributed by atoms with Crippen LogP contribution in [0.4, 0.5) is 5.69 Å². The van der Waals surface area contributed by atoms with Crippen molar-refractivity contribution < 1.29 is 9.15 Å². The lowest BCUT2D eigenvalue weighted by Gasteiger charge is -2.29. The highest BCUT2D eigenvalue weighted by Crippen LogP contribution is 2.40. The number of amidine groups is 1. The standard InChI is InChI=1S/C28H39N7O2/c1-5-6-7-21(2)31-33(4)24-23-16-22(18-34-11-9-28(20-34)8-10-32(3)19-28)17-30-27(23)37-25(24)26(29)35-12-14-36-15-13-35/h5-7,16-17,29,31H,1-2,8-15,18-20H2,3-4H3/b7-6-,29-26?. The van der Waals surface area contributed by atoms with Crippen LogP contribution in [0.3, 0.4) is 0 Å². The van der Waals surface area contributed by atoms with Gasteiger partial charge in [0, 0.05) is 51.7 Å². The molecule has 198 valence electrons. The average molecular weight is 506 g/mol. The maximum Gasteiger partial charge on any atom is 0.229 e. The van der Waals surface area contributed by atoms with Crippen LogP contribution >= 0.6 is 0 Å². The summed E-state index contributed by atoms with van der Waals surface area (Å²) in [6.45, 7) is 15.8. The number of fused-ring (bicyclic) bond motifs is 1. The Hall–Kier alpha value is -3.14. The number of hydrazine groups is 1. The molecule has 9 nitrogen and oxygen atoms in total. The summed E-state index contributed by atoms with van der Waals surface area (Å²) in [5.41, 5.74) is 6.91. The van der Waals surface area contributed by atoms with E-state index in [2.05, 4.69) is 41.5 Å². The zero-order valence-corrected chi connectivity index (χ0v) is 22.1. The number of anilines is 1. The number of pyridine rings is 1. The van der Waals surface area contributed by atoms with Gasteiger partial charge in [0.15, 0.2) is 11.6 Å². The van der Waals surface area contributed by atoms with Crippen LogP contribution in [0.25, 0.3) is 11.1 Å². The first kappa shape index (κ1) is 25.5. The van der Waals surface area contributed by atoms with Gasteiger partial charge in [0.25, 0.3) is 0 Å². The summed E-state index contributed by atoms with van der Waals surface area (Å²) in [6.07, 6.45) is 9.86. The third-order valence-electron chi connectivity index (χ3n) is 7.75. The second-order valence-electron chi connectivity index (χ2n) is 10.7. The third-order valence-corrected chi connectivity index (χ3v) is 7.75. The minimum atomic E-state index is 0.339. The fourth-order valence-electron chi connectivity index (χ4n) is 5.93. The first-order chi connectivity index (χ1) is 17.9. The fraction of sp³-hybridized carbons (Fsp3) is 0.500. The van der Waals surface area contributed by atoms with Crippen LogP contribution < -0.4 is 10.4 Å². The molecular formula is C28H39N7O2. The van der Waals surface area contributed by atoms with Gasteiger partial charge in [0.05, 0.1) is 18.6 Å². The first-order valence-electron chi connectivity index (χ1n) is 13.1. The van der Waals surface area contributed by atoms with Gasteiger partial charge in [-0.1, -0.05) is 25.3 Å². The predicted molar refractivity (Wildman–Crippen MR) is 148 cm³/mol. The predicted octanol–water partition coefficient (Wildman–Crippen LogP) is 3.21. The minimum absolute atomic E-state index is 0.339. The maximum atomic E-state index is 8.96. The molecule has 5 heterocycles. The molecule has 3 fully saturated rings. The van der Waals surface area contributed by atoms with E-state index in [1.807, 2.05) is 35.3 Å². The van der Waals surface area contributed by atoms with Crippen molar-refractivity contribution in [2.75, 3.05) is 71.6 Å². The molecule has 0 aliphatic carbocycles. The number of nitrogens with one attached hydrogen (secondary N) is 2. The highest BCUT2D eigenvalue weighted by molar-refractivity contribution is 6.07. The first-order valence-corrected chi connectivity index (χ1v) is 13.1. The molecule has 0 bridgehead atoms. The molecule has 2 aromatic heterocycles. The van der Waals surface area contributed by atoms with Crippen molar-refractivity contribution >= 4 is 22.6 Å². The topological polar surface area (TPSA) is 84.1 Å². The lowest BCUT2D eigenvalue weighted by Crippen LogP contribution is -2.41. The van der Waals surface area contributed by atoms with Crippen molar-refractivity contribution in [3.63, 3.8) is 0 Å². The molecule has 0 amide bonds. The molecule has 3 saturated heterocycles. The summed E-state index contributed by atoms with van der Waals surface area (Å²) in [6, 6.07) is 2.17. The van der Waals surface area contributed by atoms with Crippen LogP contribution in [0.1, 0.15) is 24.2 Å². The molecule has 9 heteroatoms. The van der Waals surface area contributed by atoms with Crippen molar-refractivity contribution in [1.29, 1.82) is 5.41 Å². The van der Waals surface area contributed by atoms with Crippen LogP contribution in [0.15, 0.2) is 53.8 Å². The van der Waals surface area contributed by atoms with Gasteiger partial charge in [-0.2, -0.15) is 0 Å². The van der Waals surface area contributed by atoms with E-state index in [9.17, 15) is 0 Å². The van der Waals surface area contributed by atoms with E-state index in [0.29, 0.717) is 54.7 Å². The number of furan rings is 1. The van der Waals surface area contributed by atoms with Gasteiger partial charge in [0.1, 0.15) is 5.69 Å². The van der Waals surface area contributed by atoms with E-state index in [0.717, 1.165) is 36.3 Å². The van der Waals surface area contributed by atoms with E-state index >= 15 is 0 Å². The molecular weight excluding hydrogens is 466 g/mol. The molecule has 37 heavy (non-hydrogen) atoms. The summed E-state index contributed by atoms with van der Waals surface area (Å²) in [5, 5.41) is 11.7. The molecule has 3 aliphatic rings. The maximum absolute atomic E-state index is 8.96. The average Bonchev–Trinajstić information content (AvgIpc) is 3.59. The molecule has 0 radical (unpaired) electrons. The number of aromatic nitrogens is 1. The van der Waals surface area contributed by atoms with E-state index < -0.39 is 0 Å². The Balaban J connectivity index is 1.43. The number of allylic oxidation sites excluding steroid dienone is 3. The molecule has 0 aromatic carbocycles. The minimum Gasteiger partial charge on any atom is -0.432 e. The van der Waals surface area contributed by atoms with Crippen molar-refractivity contribution in [2.24, 2.45) is 5.41 Å². The van der Waals surface area contributed by atoms with Crippen molar-refractivity contribution in [3.05, 3.63) is 60.7 Å². The zero-order valence-electron chi connectivity index (χ0n) is 22.1. The number of hydrogen-bond acceptors (Lipinski definition) is 8. The number of ether oxygens (including phenoxy) is 1. The van der Waals surface area contributed by atoms with Crippen LogP contribution in [-0.4, -0.2) is 92.1 Å². The molecule has 1 spiro atoms. The van der Waals surface area contributed by atoms with E-state index in [1.165, 1.54) is 25.9 Å². The molecule has 3 aliphatic heterocycles. The third kappa shape index (κ3) is 5.44. The highest BCUT2D eigenvalue weighted by atomic mass is 16.5. The number of likely N-dealkylation sites (tertiary alicyclic amines) is 2. The zero-order chi connectivity index (χ0) is 26.0. The Bertz CT molecular complexity index is 1200. The lowest BCUT2D eigenvalue weighted by atomic mass is 9.86. The number of hydrogen-bond donors (Lipinski definition) is 2. The van der Waals surface area contributed by atoms with Crippen molar-refractivity contribution in [3.8, 4) is 0 Å². The van der Waals surface area contributed by atoms with E-state index in [4.69, 9.17) is 19.5 Å². The molecule has 5 rings (SSSR count). The smallest absolute Gasteiger partial charge is 0.229 e. The van der Waals surface area contributed by atoms with Gasteiger partial charge in [-0.3, -0.25) is 20.7 Å². The van der Waals surface area contributed by atoms with Gasteiger partial charge in [0.2, 0.25) is 5.71 Å². The van der Waals surface area contributed by atoms with E-state index in [1.54, 1.807) is 6.08 Å². The molecule has 2 aromatic rings. The number of nitrogens with zero attached hydrogens (tertiary/aromatic N) is 5. The van der Waals surface area contributed by atoms with Gasteiger partial charge in [-0.25, -0.2) is 4.98 Å². The van der Waals surface area contributed by atoms with Gasteiger partial charge >= 0.3 is 0 Å². The second kappa shape index (κ2) is 10.7. The van der Waals surface area contributed by atoms with Crippen molar-refractivity contribution in [2.45, 2.75) is 19.4 Å². The SMILES string of the molecule is C=C/C=C\C(=C)NN(C)c1c(C(=N)N2CCOCC2)oc2ncc(CN3CCC4(CCN(C)C4)C3)cc12. The Morgan fingerprint density at radius 3 is 2.76 bits per heavy atom. The second-order valence-corrected chi connectivity index (χ2v) is 10.7. The van der Waals surface area contributed by atoms with Crippen LogP contribution in [0.5, 0.6) is 0 Å². The molecule has 1 atom stereocenters. The summed E-state index contributed by atoms with van der Waals surface area (Å²) in [5.74, 6) is 0.830. The number of morpholine rings is 1. The Labute approximate surface area is 219 Å². The molecule has 0 saturated carbocycles. The Kier molecular flexibility index (Phi) is 7.37. The Morgan fingerprint density at radius 2 is 2.03 bits per heavy atom. The van der Waals surface area contributed by atoms with Gasteiger partial charge < -0.3 is 19.0 Å². The normalized spacial score (nSPS) is 22.9. The molecule has 1 unspecified atom stereocenters. The monoisotopic (exact) mass is 505 g/mol. The summed E-state index contributed by atoms with van der Waals surface area (Å²) in [4.78, 5) is 11.7. The van der Waals surface area contributed by atoms with Gasteiger partial charge in [-0.15, -0.1) is 0 Å². The molecule has 2 N–H and O–H groups in total. The summed E-state index contributed by atoms with van der Waals surface area (Å²) in [7, 11) is 4.15. The summed E-state index contributed by atoms with van der Waals surface area (Å²) >= 11 is 0. The largest absolute Gasteiger partial charge is 0.432 e. The van der Waals surface area contributed by atoms with E-state index in [-0.39, 0.29) is 0 Å².